The van der Waals surface area contributed by atoms with E-state index in [1.54, 1.807) is 0 Å². The van der Waals surface area contributed by atoms with Crippen LogP contribution in [0.15, 0.2) is 0 Å². The third kappa shape index (κ3) is 4.18. The molecule has 4 heteroatoms. The van der Waals surface area contributed by atoms with Gasteiger partial charge < -0.3 is 15.0 Å². The van der Waals surface area contributed by atoms with Gasteiger partial charge in [-0.1, -0.05) is 6.92 Å². The fourth-order valence-electron chi connectivity index (χ4n) is 1.64. The molecule has 1 aliphatic rings. The van der Waals surface area contributed by atoms with Gasteiger partial charge in [-0.05, 0) is 32.9 Å². The summed E-state index contributed by atoms with van der Waals surface area (Å²) in [6, 6.07) is 0.501. The van der Waals surface area contributed by atoms with E-state index >= 15 is 0 Å². The van der Waals surface area contributed by atoms with Gasteiger partial charge in [0, 0.05) is 12.6 Å². The Balaban J connectivity index is 2.35. The molecule has 0 spiro atoms. The lowest BCUT2D eigenvalue weighted by Crippen LogP contribution is -2.46. The zero-order valence-corrected chi connectivity index (χ0v) is 9.95. The van der Waals surface area contributed by atoms with Gasteiger partial charge in [0.2, 0.25) is 0 Å². The highest BCUT2D eigenvalue weighted by Crippen LogP contribution is 2.25. The second-order valence-electron chi connectivity index (χ2n) is 4.20. The van der Waals surface area contributed by atoms with Crippen molar-refractivity contribution >= 4 is 5.97 Å². The monoisotopic (exact) mass is 214 g/mol. The van der Waals surface area contributed by atoms with Crippen molar-refractivity contribution < 1.29 is 9.53 Å². The Labute approximate surface area is 92.0 Å². The molecular weight excluding hydrogens is 192 g/mol. The molecule has 0 aromatic carbocycles. The molecule has 1 saturated carbocycles. The summed E-state index contributed by atoms with van der Waals surface area (Å²) >= 11 is 0. The lowest BCUT2D eigenvalue weighted by molar-refractivity contribution is -0.143. The van der Waals surface area contributed by atoms with Crippen LogP contribution in [0.3, 0.4) is 0 Å². The number of hydrogen-bond acceptors (Lipinski definition) is 4. The highest BCUT2D eigenvalue weighted by atomic mass is 16.5. The Hall–Kier alpha value is -0.610. The highest BCUT2D eigenvalue weighted by Gasteiger charge is 2.29. The Bertz CT molecular complexity index is 205. The number of nitrogens with zero attached hydrogens (tertiary/aromatic N) is 1. The number of nitrogens with one attached hydrogen (secondary N) is 1. The van der Waals surface area contributed by atoms with Crippen LogP contribution in [0, 0.1) is 0 Å². The maximum Gasteiger partial charge on any atom is 0.324 e. The Morgan fingerprint density at radius 2 is 2.27 bits per heavy atom. The number of ether oxygens (including phenoxy) is 1. The molecule has 0 amide bonds. The van der Waals surface area contributed by atoms with E-state index in [9.17, 15) is 4.79 Å². The van der Waals surface area contributed by atoms with Gasteiger partial charge in [-0.25, -0.2) is 0 Å². The maximum absolute atomic E-state index is 11.5. The number of carbonyl (C=O) groups is 1. The average Bonchev–Trinajstić information content (AvgIpc) is 3.06. The molecule has 0 aliphatic heterocycles. The van der Waals surface area contributed by atoms with Crippen LogP contribution in [-0.2, 0) is 9.53 Å². The number of carbonyl (C=O) groups excluding carboxylic acids is 1. The highest BCUT2D eigenvalue weighted by molar-refractivity contribution is 5.75. The molecule has 1 unspecified atom stereocenters. The van der Waals surface area contributed by atoms with Crippen molar-refractivity contribution in [2.24, 2.45) is 0 Å². The van der Waals surface area contributed by atoms with Gasteiger partial charge in [-0.2, -0.15) is 0 Å². The van der Waals surface area contributed by atoms with Gasteiger partial charge >= 0.3 is 5.97 Å². The normalized spacial score (nSPS) is 17.9. The van der Waals surface area contributed by atoms with Crippen LogP contribution >= 0.6 is 0 Å². The molecule has 0 heterocycles. The van der Waals surface area contributed by atoms with Crippen LogP contribution in [0.1, 0.15) is 26.2 Å². The number of methoxy groups -OCH3 is 1. The molecule has 0 aromatic heterocycles. The molecule has 1 aliphatic carbocycles. The molecule has 15 heavy (non-hydrogen) atoms. The molecule has 0 bridgehead atoms. The molecule has 1 rings (SSSR count). The van der Waals surface area contributed by atoms with Crippen molar-refractivity contribution in [3.05, 3.63) is 0 Å². The summed E-state index contributed by atoms with van der Waals surface area (Å²) in [4.78, 5) is 13.7. The fourth-order valence-corrected chi connectivity index (χ4v) is 1.64. The van der Waals surface area contributed by atoms with E-state index in [2.05, 4.69) is 24.2 Å². The van der Waals surface area contributed by atoms with E-state index in [1.165, 1.54) is 20.0 Å². The van der Waals surface area contributed by atoms with Gasteiger partial charge in [0.25, 0.3) is 0 Å². The molecule has 1 N–H and O–H groups in total. The zero-order chi connectivity index (χ0) is 11.3. The van der Waals surface area contributed by atoms with Crippen molar-refractivity contribution in [2.45, 2.75) is 38.3 Å². The summed E-state index contributed by atoms with van der Waals surface area (Å²) in [5.41, 5.74) is 0. The third-order valence-electron chi connectivity index (χ3n) is 2.77. The molecule has 0 saturated heterocycles. The van der Waals surface area contributed by atoms with Crippen LogP contribution in [0.5, 0.6) is 0 Å². The van der Waals surface area contributed by atoms with E-state index in [0.717, 1.165) is 19.5 Å². The molecule has 4 nitrogen and oxygen atoms in total. The molecule has 0 radical (unpaired) electrons. The summed E-state index contributed by atoms with van der Waals surface area (Å²) in [5, 5.41) is 3.22. The van der Waals surface area contributed by atoms with E-state index in [0.29, 0.717) is 6.04 Å². The maximum atomic E-state index is 11.5. The number of hydrogen-bond donors (Lipinski definition) is 1. The predicted molar refractivity (Wildman–Crippen MR) is 59.7 cm³/mol. The van der Waals surface area contributed by atoms with Gasteiger partial charge in [-0.3, -0.25) is 4.79 Å². The quantitative estimate of drug-likeness (QED) is 0.631. The van der Waals surface area contributed by atoms with Gasteiger partial charge in [0.15, 0.2) is 0 Å². The first-order valence-electron chi connectivity index (χ1n) is 5.70. The minimum absolute atomic E-state index is 0.157. The minimum Gasteiger partial charge on any atom is -0.468 e. The molecule has 0 aromatic rings. The smallest absolute Gasteiger partial charge is 0.324 e. The van der Waals surface area contributed by atoms with Crippen molar-refractivity contribution in [3.63, 3.8) is 0 Å². The molecular formula is C11H22N2O2. The SMILES string of the molecule is CCCNC(CN(C)C1CC1)C(=O)OC. The average molecular weight is 214 g/mol. The second kappa shape index (κ2) is 6.08. The number of rotatable bonds is 7. The first-order valence-corrected chi connectivity index (χ1v) is 5.70. The Morgan fingerprint density at radius 3 is 2.73 bits per heavy atom. The van der Waals surface area contributed by atoms with Crippen LogP contribution in [0.25, 0.3) is 0 Å². The van der Waals surface area contributed by atoms with Crippen LogP contribution in [-0.4, -0.2) is 50.2 Å². The summed E-state index contributed by atoms with van der Waals surface area (Å²) in [7, 11) is 3.52. The van der Waals surface area contributed by atoms with E-state index in [4.69, 9.17) is 4.74 Å². The standard InChI is InChI=1S/C11H22N2O2/c1-4-7-12-10(11(14)15-3)8-13(2)9-5-6-9/h9-10,12H,4-8H2,1-3H3. The first kappa shape index (κ1) is 12.5. The van der Waals surface area contributed by atoms with Crippen molar-refractivity contribution in [1.29, 1.82) is 0 Å². The summed E-state index contributed by atoms with van der Waals surface area (Å²) in [6.45, 7) is 3.70. The van der Waals surface area contributed by atoms with Crippen molar-refractivity contribution in [1.82, 2.24) is 10.2 Å². The van der Waals surface area contributed by atoms with Crippen molar-refractivity contribution in [3.8, 4) is 0 Å². The van der Waals surface area contributed by atoms with Gasteiger partial charge in [0.05, 0.1) is 7.11 Å². The Morgan fingerprint density at radius 1 is 1.60 bits per heavy atom. The number of esters is 1. The van der Waals surface area contributed by atoms with Gasteiger partial charge in [0.1, 0.15) is 6.04 Å². The number of likely N-dealkylation sites (N-methyl/N-ethyl adjacent to an activating group) is 1. The molecule has 1 fully saturated rings. The fraction of sp³-hybridized carbons (Fsp3) is 0.909. The topological polar surface area (TPSA) is 41.6 Å². The minimum atomic E-state index is -0.180. The lowest BCUT2D eigenvalue weighted by atomic mass is 10.2. The van der Waals surface area contributed by atoms with Gasteiger partial charge in [-0.15, -0.1) is 0 Å². The van der Waals surface area contributed by atoms with Crippen LogP contribution in [0.4, 0.5) is 0 Å². The van der Waals surface area contributed by atoms with Crippen LogP contribution < -0.4 is 5.32 Å². The Kier molecular flexibility index (Phi) is 5.05. The second-order valence-corrected chi connectivity index (χ2v) is 4.20. The van der Waals surface area contributed by atoms with E-state index in [1.807, 2.05) is 0 Å². The lowest BCUT2D eigenvalue weighted by Gasteiger charge is -2.22. The van der Waals surface area contributed by atoms with Crippen LogP contribution in [0.2, 0.25) is 0 Å². The largest absolute Gasteiger partial charge is 0.468 e. The summed E-state index contributed by atoms with van der Waals surface area (Å²) in [6.07, 6.45) is 3.55. The zero-order valence-electron chi connectivity index (χ0n) is 9.95. The molecule has 1 atom stereocenters. The molecule has 88 valence electrons. The third-order valence-corrected chi connectivity index (χ3v) is 2.77. The summed E-state index contributed by atoms with van der Waals surface area (Å²) < 4.78 is 4.78. The predicted octanol–water partition coefficient (Wildman–Crippen LogP) is 0.622. The van der Waals surface area contributed by atoms with E-state index < -0.39 is 0 Å². The first-order chi connectivity index (χ1) is 7.19. The van der Waals surface area contributed by atoms with E-state index in [-0.39, 0.29) is 12.0 Å². The van der Waals surface area contributed by atoms with Crippen molar-refractivity contribution in [2.75, 3.05) is 27.2 Å². The summed E-state index contributed by atoms with van der Waals surface area (Å²) in [5.74, 6) is -0.157.